The predicted molar refractivity (Wildman–Crippen MR) is 94.8 cm³/mol. The van der Waals surface area contributed by atoms with Gasteiger partial charge in [-0.2, -0.15) is 0 Å². The number of benzene rings is 1. The molecule has 0 aliphatic rings. The number of ether oxygens (including phenoxy) is 3. The van der Waals surface area contributed by atoms with Crippen LogP contribution in [0.5, 0.6) is 17.2 Å². The van der Waals surface area contributed by atoms with E-state index in [-0.39, 0.29) is 11.7 Å². The summed E-state index contributed by atoms with van der Waals surface area (Å²) < 4.78 is 15.8. The summed E-state index contributed by atoms with van der Waals surface area (Å²) in [5.74, 6) is 1.56. The van der Waals surface area contributed by atoms with Crippen LogP contribution < -0.4 is 24.8 Å². The fourth-order valence-corrected chi connectivity index (χ4v) is 2.17. The van der Waals surface area contributed by atoms with Gasteiger partial charge in [0.15, 0.2) is 17.2 Å². The van der Waals surface area contributed by atoms with Crippen molar-refractivity contribution in [3.63, 3.8) is 0 Å². The van der Waals surface area contributed by atoms with E-state index in [0.717, 1.165) is 0 Å². The fraction of sp³-hybridized carbons (Fsp3) is 0.353. The van der Waals surface area contributed by atoms with Crippen LogP contribution in [0.3, 0.4) is 0 Å². The largest absolute Gasteiger partial charge is 0.493 e. The molecule has 25 heavy (non-hydrogen) atoms. The number of amides is 1. The minimum absolute atomic E-state index is 0.197. The summed E-state index contributed by atoms with van der Waals surface area (Å²) >= 11 is 0. The van der Waals surface area contributed by atoms with Crippen molar-refractivity contribution < 1.29 is 19.0 Å². The Balaban J connectivity index is 2.19. The summed E-state index contributed by atoms with van der Waals surface area (Å²) in [4.78, 5) is 12.4. The maximum Gasteiger partial charge on any atom is 0.276 e. The van der Waals surface area contributed by atoms with Crippen molar-refractivity contribution >= 4 is 17.4 Å². The van der Waals surface area contributed by atoms with Crippen LogP contribution in [0.1, 0.15) is 24.3 Å². The number of methoxy groups -OCH3 is 3. The van der Waals surface area contributed by atoms with Gasteiger partial charge >= 0.3 is 0 Å². The first kappa shape index (κ1) is 18.3. The minimum atomic E-state index is -0.391. The molecule has 0 aliphatic heterocycles. The van der Waals surface area contributed by atoms with Crippen LogP contribution in [0.25, 0.3) is 0 Å². The molecule has 2 N–H and O–H groups in total. The van der Waals surface area contributed by atoms with Crippen molar-refractivity contribution in [2.45, 2.75) is 19.9 Å². The van der Waals surface area contributed by atoms with E-state index in [1.807, 2.05) is 13.8 Å². The Labute approximate surface area is 146 Å². The summed E-state index contributed by atoms with van der Waals surface area (Å²) in [5.41, 5.74) is 0.689. The van der Waals surface area contributed by atoms with E-state index < -0.39 is 5.91 Å². The summed E-state index contributed by atoms with van der Waals surface area (Å²) in [5, 5.41) is 13.8. The SMILES string of the molecule is COc1cc(NC(=O)c2ccc(NC(C)C)nn2)cc(OC)c1OC. The minimum Gasteiger partial charge on any atom is -0.493 e. The molecule has 0 atom stereocenters. The van der Waals surface area contributed by atoms with Gasteiger partial charge in [-0.15, -0.1) is 10.2 Å². The van der Waals surface area contributed by atoms with Crippen molar-refractivity contribution in [2.24, 2.45) is 0 Å². The van der Waals surface area contributed by atoms with E-state index in [9.17, 15) is 4.79 Å². The second-order valence-corrected chi connectivity index (χ2v) is 5.47. The van der Waals surface area contributed by atoms with Crippen molar-refractivity contribution in [1.82, 2.24) is 10.2 Å². The molecule has 1 aromatic carbocycles. The molecule has 0 saturated heterocycles. The van der Waals surface area contributed by atoms with Crippen LogP contribution in [-0.2, 0) is 0 Å². The topological polar surface area (TPSA) is 94.6 Å². The van der Waals surface area contributed by atoms with Gasteiger partial charge in [0, 0.05) is 23.9 Å². The molecular weight excluding hydrogens is 324 g/mol. The number of nitrogens with zero attached hydrogens (tertiary/aromatic N) is 2. The fourth-order valence-electron chi connectivity index (χ4n) is 2.17. The highest BCUT2D eigenvalue weighted by molar-refractivity contribution is 6.03. The third-order valence-corrected chi connectivity index (χ3v) is 3.26. The molecule has 0 saturated carbocycles. The monoisotopic (exact) mass is 346 g/mol. The Morgan fingerprint density at radius 2 is 1.64 bits per heavy atom. The highest BCUT2D eigenvalue weighted by Crippen LogP contribution is 2.39. The molecule has 0 spiro atoms. The van der Waals surface area contributed by atoms with Gasteiger partial charge in [0.05, 0.1) is 21.3 Å². The lowest BCUT2D eigenvalue weighted by Crippen LogP contribution is -2.16. The molecule has 1 heterocycles. The molecule has 0 bridgehead atoms. The van der Waals surface area contributed by atoms with Crippen LogP contribution in [0, 0.1) is 0 Å². The Morgan fingerprint density at radius 1 is 1.00 bits per heavy atom. The number of hydrogen-bond donors (Lipinski definition) is 2. The molecule has 0 radical (unpaired) electrons. The molecule has 1 aromatic heterocycles. The van der Waals surface area contributed by atoms with Gasteiger partial charge in [0.2, 0.25) is 5.75 Å². The molecule has 2 aromatic rings. The van der Waals surface area contributed by atoms with Crippen molar-refractivity contribution in [3.05, 3.63) is 30.0 Å². The van der Waals surface area contributed by atoms with Crippen molar-refractivity contribution in [1.29, 1.82) is 0 Å². The number of anilines is 2. The van der Waals surface area contributed by atoms with Crippen LogP contribution in [-0.4, -0.2) is 43.5 Å². The number of aromatic nitrogens is 2. The van der Waals surface area contributed by atoms with Gasteiger partial charge in [-0.05, 0) is 26.0 Å². The van der Waals surface area contributed by atoms with E-state index in [1.165, 1.54) is 21.3 Å². The van der Waals surface area contributed by atoms with Gasteiger partial charge in [-0.25, -0.2) is 0 Å². The Morgan fingerprint density at radius 3 is 2.08 bits per heavy atom. The number of hydrogen-bond acceptors (Lipinski definition) is 7. The number of nitrogens with one attached hydrogen (secondary N) is 2. The lowest BCUT2D eigenvalue weighted by Gasteiger charge is -2.14. The number of carbonyl (C=O) groups is 1. The maximum absolute atomic E-state index is 12.4. The van der Waals surface area contributed by atoms with E-state index in [0.29, 0.717) is 28.8 Å². The van der Waals surface area contributed by atoms with Gasteiger partial charge in [0.25, 0.3) is 5.91 Å². The first-order valence-electron chi connectivity index (χ1n) is 7.70. The summed E-state index contributed by atoms with van der Waals surface area (Å²) in [7, 11) is 4.53. The van der Waals surface area contributed by atoms with Crippen LogP contribution in [0.15, 0.2) is 24.3 Å². The number of rotatable bonds is 7. The molecule has 134 valence electrons. The van der Waals surface area contributed by atoms with E-state index >= 15 is 0 Å². The lowest BCUT2D eigenvalue weighted by molar-refractivity contribution is 0.102. The second kappa shape index (κ2) is 8.18. The predicted octanol–water partition coefficient (Wildman–Crippen LogP) is 2.58. The van der Waals surface area contributed by atoms with E-state index in [2.05, 4.69) is 20.8 Å². The highest BCUT2D eigenvalue weighted by atomic mass is 16.5. The summed E-state index contributed by atoms with van der Waals surface area (Å²) in [6, 6.07) is 6.82. The first-order chi connectivity index (χ1) is 12.0. The normalized spacial score (nSPS) is 10.3. The standard InChI is InChI=1S/C17H22N4O4/c1-10(2)18-15-7-6-12(20-21-15)17(22)19-11-8-13(23-3)16(25-5)14(9-11)24-4/h6-10H,1-5H3,(H,18,21)(H,19,22). The molecule has 0 unspecified atom stereocenters. The average molecular weight is 346 g/mol. The molecule has 0 fully saturated rings. The molecule has 8 heteroatoms. The van der Waals surface area contributed by atoms with Gasteiger partial charge in [0.1, 0.15) is 5.82 Å². The van der Waals surface area contributed by atoms with Gasteiger partial charge < -0.3 is 24.8 Å². The van der Waals surface area contributed by atoms with Crippen LogP contribution in [0.4, 0.5) is 11.5 Å². The molecule has 2 rings (SSSR count). The molecule has 8 nitrogen and oxygen atoms in total. The summed E-state index contributed by atoms with van der Waals surface area (Å²) in [6.07, 6.45) is 0. The van der Waals surface area contributed by atoms with Crippen LogP contribution in [0.2, 0.25) is 0 Å². The lowest BCUT2D eigenvalue weighted by atomic mass is 10.2. The quantitative estimate of drug-likeness (QED) is 0.795. The Bertz CT molecular complexity index is 707. The second-order valence-electron chi connectivity index (χ2n) is 5.47. The average Bonchev–Trinajstić information content (AvgIpc) is 2.60. The zero-order valence-electron chi connectivity index (χ0n) is 14.9. The molecular formula is C17H22N4O4. The summed E-state index contributed by atoms with van der Waals surface area (Å²) in [6.45, 7) is 3.99. The van der Waals surface area contributed by atoms with E-state index in [1.54, 1.807) is 24.3 Å². The van der Waals surface area contributed by atoms with Gasteiger partial charge in [-0.1, -0.05) is 0 Å². The number of carbonyl (C=O) groups excluding carboxylic acids is 1. The Kier molecular flexibility index (Phi) is 5.99. The van der Waals surface area contributed by atoms with Crippen molar-refractivity contribution in [3.8, 4) is 17.2 Å². The maximum atomic E-state index is 12.4. The third-order valence-electron chi connectivity index (χ3n) is 3.26. The van der Waals surface area contributed by atoms with Gasteiger partial charge in [-0.3, -0.25) is 4.79 Å². The van der Waals surface area contributed by atoms with Crippen LogP contribution >= 0.6 is 0 Å². The Hall–Kier alpha value is -3.03. The smallest absolute Gasteiger partial charge is 0.276 e. The molecule has 1 amide bonds. The molecule has 0 aliphatic carbocycles. The zero-order valence-corrected chi connectivity index (χ0v) is 14.9. The first-order valence-corrected chi connectivity index (χ1v) is 7.70. The highest BCUT2D eigenvalue weighted by Gasteiger charge is 2.16. The third kappa shape index (κ3) is 4.50. The van der Waals surface area contributed by atoms with Crippen molar-refractivity contribution in [2.75, 3.05) is 32.0 Å². The van der Waals surface area contributed by atoms with E-state index in [4.69, 9.17) is 14.2 Å². The zero-order chi connectivity index (χ0) is 18.4.